The molecule has 0 aromatic heterocycles. The molecule has 0 amide bonds. The number of piperazine rings is 1. The molecule has 1 unspecified atom stereocenters. The van der Waals surface area contributed by atoms with Crippen LogP contribution in [0.3, 0.4) is 0 Å². The van der Waals surface area contributed by atoms with Crippen molar-refractivity contribution in [2.75, 3.05) is 32.7 Å². The Morgan fingerprint density at radius 1 is 0.783 bits per heavy atom. The van der Waals surface area contributed by atoms with Gasteiger partial charge >= 0.3 is 0 Å². The van der Waals surface area contributed by atoms with E-state index in [4.69, 9.17) is 0 Å². The molecule has 1 fully saturated rings. The fourth-order valence-electron chi connectivity index (χ4n) is 3.50. The number of nitrogens with one attached hydrogen (secondary N) is 1. The van der Waals surface area contributed by atoms with Crippen molar-refractivity contribution in [1.29, 1.82) is 0 Å². The number of hydrogen-bond donors (Lipinski definition) is 2. The molecule has 0 aliphatic carbocycles. The summed E-state index contributed by atoms with van der Waals surface area (Å²) in [4.78, 5) is 2.39. The van der Waals surface area contributed by atoms with Gasteiger partial charge in [0.25, 0.3) is 0 Å². The molecule has 0 aromatic rings. The van der Waals surface area contributed by atoms with Gasteiger partial charge in [-0.1, -0.05) is 84.0 Å². The van der Waals surface area contributed by atoms with E-state index in [1.165, 1.54) is 77.0 Å². The van der Waals surface area contributed by atoms with Crippen molar-refractivity contribution < 1.29 is 5.11 Å². The fraction of sp³-hybridized carbons (Fsp3) is 1.00. The Morgan fingerprint density at radius 2 is 1.26 bits per heavy atom. The Morgan fingerprint density at radius 3 is 1.78 bits per heavy atom. The highest BCUT2D eigenvalue weighted by atomic mass is 16.3. The first-order valence-electron chi connectivity index (χ1n) is 10.4. The smallest absolute Gasteiger partial charge is 0.0667 e. The second kappa shape index (κ2) is 15.4. The summed E-state index contributed by atoms with van der Waals surface area (Å²) in [6.45, 7) is 7.49. The highest BCUT2D eigenvalue weighted by molar-refractivity contribution is 4.71. The Labute approximate surface area is 145 Å². The lowest BCUT2D eigenvalue weighted by atomic mass is 10.0. The molecule has 1 atom stereocenters. The lowest BCUT2D eigenvalue weighted by Crippen LogP contribution is -2.46. The minimum Gasteiger partial charge on any atom is -0.392 e. The van der Waals surface area contributed by atoms with Crippen LogP contribution >= 0.6 is 0 Å². The molecule has 1 rings (SSSR count). The summed E-state index contributed by atoms with van der Waals surface area (Å²) in [7, 11) is 0. The van der Waals surface area contributed by atoms with Gasteiger partial charge in [0.2, 0.25) is 0 Å². The number of β-amino-alcohol motifs (C(OH)–C–C–N with tert-alkyl or cyclic N) is 1. The highest BCUT2D eigenvalue weighted by Crippen LogP contribution is 2.13. The number of hydrogen-bond acceptors (Lipinski definition) is 3. The molecular weight excluding hydrogens is 284 g/mol. The first kappa shape index (κ1) is 20.9. The minimum absolute atomic E-state index is 0.115. The number of nitrogens with zero attached hydrogens (tertiary/aromatic N) is 1. The molecule has 1 saturated heterocycles. The molecule has 3 heteroatoms. The molecule has 0 saturated carbocycles. The summed E-state index contributed by atoms with van der Waals surface area (Å²) in [5.41, 5.74) is 0. The summed E-state index contributed by atoms with van der Waals surface area (Å²) in [6.07, 6.45) is 17.5. The molecule has 1 heterocycles. The van der Waals surface area contributed by atoms with E-state index >= 15 is 0 Å². The van der Waals surface area contributed by atoms with Gasteiger partial charge < -0.3 is 10.4 Å². The van der Waals surface area contributed by atoms with Crippen LogP contribution in [0, 0.1) is 0 Å². The van der Waals surface area contributed by atoms with Gasteiger partial charge in [-0.25, -0.2) is 0 Å². The van der Waals surface area contributed by atoms with Crippen molar-refractivity contribution in [2.24, 2.45) is 0 Å². The molecule has 1 aliphatic rings. The van der Waals surface area contributed by atoms with Gasteiger partial charge in [-0.2, -0.15) is 0 Å². The molecule has 2 N–H and O–H groups in total. The fourth-order valence-corrected chi connectivity index (χ4v) is 3.50. The molecule has 3 nitrogen and oxygen atoms in total. The topological polar surface area (TPSA) is 35.5 Å². The van der Waals surface area contributed by atoms with Crippen molar-refractivity contribution in [3.05, 3.63) is 0 Å². The number of aliphatic hydroxyl groups excluding tert-OH is 1. The van der Waals surface area contributed by atoms with Crippen LogP contribution in [0.4, 0.5) is 0 Å². The van der Waals surface area contributed by atoms with Crippen molar-refractivity contribution >= 4 is 0 Å². The zero-order valence-corrected chi connectivity index (χ0v) is 15.7. The summed E-state index contributed by atoms with van der Waals surface area (Å²) < 4.78 is 0. The van der Waals surface area contributed by atoms with Gasteiger partial charge in [0.05, 0.1) is 6.10 Å². The maximum absolute atomic E-state index is 10.1. The van der Waals surface area contributed by atoms with E-state index in [9.17, 15) is 5.11 Å². The first-order valence-corrected chi connectivity index (χ1v) is 10.4. The van der Waals surface area contributed by atoms with Gasteiger partial charge in [0.1, 0.15) is 0 Å². The van der Waals surface area contributed by atoms with Crippen LogP contribution in [0.15, 0.2) is 0 Å². The average Bonchev–Trinajstić information content (AvgIpc) is 2.57. The second-order valence-electron chi connectivity index (χ2n) is 7.38. The number of rotatable bonds is 15. The van der Waals surface area contributed by atoms with Crippen LogP contribution in [-0.2, 0) is 0 Å². The quantitative estimate of drug-likeness (QED) is 0.439. The standard InChI is InChI=1S/C20H42N2O/c1-2-3-4-5-6-7-8-9-10-11-12-13-14-20(23)19-22-17-15-21-16-18-22/h20-21,23H,2-19H2,1H3. The summed E-state index contributed by atoms with van der Waals surface area (Å²) in [5.74, 6) is 0. The first-order chi connectivity index (χ1) is 11.3. The molecule has 0 aromatic carbocycles. The van der Waals surface area contributed by atoms with Crippen molar-refractivity contribution in [3.8, 4) is 0 Å². The molecule has 23 heavy (non-hydrogen) atoms. The largest absolute Gasteiger partial charge is 0.392 e. The lowest BCUT2D eigenvalue weighted by molar-refractivity contribution is 0.0962. The summed E-state index contributed by atoms with van der Waals surface area (Å²) >= 11 is 0. The zero-order valence-electron chi connectivity index (χ0n) is 15.7. The zero-order chi connectivity index (χ0) is 16.6. The molecule has 0 bridgehead atoms. The van der Waals surface area contributed by atoms with Gasteiger partial charge in [-0.05, 0) is 6.42 Å². The molecule has 1 aliphatic heterocycles. The molecule has 138 valence electrons. The van der Waals surface area contributed by atoms with Gasteiger partial charge in [-0.15, -0.1) is 0 Å². The lowest BCUT2D eigenvalue weighted by Gasteiger charge is -2.29. The third-order valence-electron chi connectivity index (χ3n) is 5.07. The van der Waals surface area contributed by atoms with E-state index in [-0.39, 0.29) is 6.10 Å². The van der Waals surface area contributed by atoms with Crippen LogP contribution in [0.2, 0.25) is 0 Å². The van der Waals surface area contributed by atoms with Crippen molar-refractivity contribution in [1.82, 2.24) is 10.2 Å². The third-order valence-corrected chi connectivity index (χ3v) is 5.07. The van der Waals surface area contributed by atoms with Gasteiger partial charge in [0, 0.05) is 32.7 Å². The summed E-state index contributed by atoms with van der Waals surface area (Å²) in [6, 6.07) is 0. The van der Waals surface area contributed by atoms with E-state index in [0.29, 0.717) is 0 Å². The SMILES string of the molecule is CCCCCCCCCCCCCCC(O)CN1CCNCC1. The van der Waals surface area contributed by atoms with E-state index in [1.807, 2.05) is 0 Å². The van der Waals surface area contributed by atoms with Crippen molar-refractivity contribution in [3.63, 3.8) is 0 Å². The average molecular weight is 327 g/mol. The van der Waals surface area contributed by atoms with E-state index in [0.717, 1.165) is 39.1 Å². The van der Waals surface area contributed by atoms with Crippen LogP contribution in [0.25, 0.3) is 0 Å². The molecule has 0 spiro atoms. The predicted octanol–water partition coefficient (Wildman–Crippen LogP) is 4.34. The second-order valence-corrected chi connectivity index (χ2v) is 7.38. The molecular formula is C20H42N2O. The molecule has 0 radical (unpaired) electrons. The van der Waals surface area contributed by atoms with Crippen LogP contribution in [0.1, 0.15) is 90.4 Å². The highest BCUT2D eigenvalue weighted by Gasteiger charge is 2.13. The van der Waals surface area contributed by atoms with Crippen LogP contribution in [0.5, 0.6) is 0 Å². The van der Waals surface area contributed by atoms with Crippen LogP contribution in [-0.4, -0.2) is 48.8 Å². The summed E-state index contributed by atoms with van der Waals surface area (Å²) in [5, 5.41) is 13.5. The normalized spacial score (nSPS) is 17.5. The van der Waals surface area contributed by atoms with Crippen molar-refractivity contribution in [2.45, 2.75) is 96.5 Å². The maximum Gasteiger partial charge on any atom is 0.0667 e. The third kappa shape index (κ3) is 12.9. The Hall–Kier alpha value is -0.120. The minimum atomic E-state index is -0.115. The monoisotopic (exact) mass is 326 g/mol. The number of aliphatic hydroxyl groups is 1. The van der Waals surface area contributed by atoms with E-state index in [1.54, 1.807) is 0 Å². The van der Waals surface area contributed by atoms with Gasteiger partial charge in [-0.3, -0.25) is 4.90 Å². The van der Waals surface area contributed by atoms with Gasteiger partial charge in [0.15, 0.2) is 0 Å². The maximum atomic E-state index is 10.1. The Bertz CT molecular complexity index is 242. The van der Waals surface area contributed by atoms with Crippen LogP contribution < -0.4 is 5.32 Å². The Kier molecular flexibility index (Phi) is 14.0. The number of unbranched alkanes of at least 4 members (excludes halogenated alkanes) is 11. The Balaban J connectivity index is 1.77. The van der Waals surface area contributed by atoms with E-state index < -0.39 is 0 Å². The van der Waals surface area contributed by atoms with E-state index in [2.05, 4.69) is 17.1 Å². The predicted molar refractivity (Wildman–Crippen MR) is 101 cm³/mol.